The predicted molar refractivity (Wildman–Crippen MR) is 86.5 cm³/mol. The van der Waals surface area contributed by atoms with Crippen molar-refractivity contribution < 1.29 is 17.9 Å². The topological polar surface area (TPSA) is 84.6 Å². The van der Waals surface area contributed by atoms with Crippen LogP contribution in [0.5, 0.6) is 0 Å². The van der Waals surface area contributed by atoms with Gasteiger partial charge in [-0.3, -0.25) is 4.79 Å². The van der Waals surface area contributed by atoms with Gasteiger partial charge in [0.2, 0.25) is 10.0 Å². The van der Waals surface area contributed by atoms with Gasteiger partial charge >= 0.3 is 0 Å². The van der Waals surface area contributed by atoms with Gasteiger partial charge in [0, 0.05) is 38.3 Å². The normalized spacial score (nSPS) is 16.1. The summed E-state index contributed by atoms with van der Waals surface area (Å²) in [5.41, 5.74) is 0.418. The van der Waals surface area contributed by atoms with Gasteiger partial charge in [0.15, 0.2) is 12.4 Å². The molecule has 0 atom stereocenters. The Kier molecular flexibility index (Phi) is 4.50. The molecule has 2 heterocycles. The lowest BCUT2D eigenvalue weighted by Crippen LogP contribution is -2.50. The number of rotatable bonds is 3. The summed E-state index contributed by atoms with van der Waals surface area (Å²) in [4.78, 5) is 14.2. The number of carbonyl (C=O) groups is 1. The molecule has 1 aromatic heterocycles. The van der Waals surface area contributed by atoms with Crippen molar-refractivity contribution >= 4 is 15.9 Å². The third-order valence-electron chi connectivity index (χ3n) is 3.96. The van der Waals surface area contributed by atoms with Crippen LogP contribution in [0.15, 0.2) is 59.8 Å². The molecule has 0 aliphatic carbocycles. The minimum Gasteiger partial charge on any atom is -0.619 e. The van der Waals surface area contributed by atoms with E-state index < -0.39 is 10.0 Å². The zero-order valence-corrected chi connectivity index (χ0v) is 13.7. The smallest absolute Gasteiger partial charge is 0.254 e. The molecule has 7 nitrogen and oxygen atoms in total. The highest BCUT2D eigenvalue weighted by molar-refractivity contribution is 7.89. The molecule has 0 bridgehead atoms. The fraction of sp³-hybridized carbons (Fsp3) is 0.250. The van der Waals surface area contributed by atoms with Crippen LogP contribution >= 0.6 is 0 Å². The summed E-state index contributed by atoms with van der Waals surface area (Å²) in [5.74, 6) is -0.202. The second kappa shape index (κ2) is 6.58. The summed E-state index contributed by atoms with van der Waals surface area (Å²) in [5, 5.41) is 11.0. The molecule has 1 saturated heterocycles. The lowest BCUT2D eigenvalue weighted by Gasteiger charge is -2.34. The molecule has 0 N–H and O–H groups in total. The molecule has 8 heteroatoms. The maximum absolute atomic E-state index is 12.6. The Morgan fingerprint density at radius 1 is 0.958 bits per heavy atom. The summed E-state index contributed by atoms with van der Waals surface area (Å²) < 4.78 is 27.1. The predicted octanol–water partition coefficient (Wildman–Crippen LogP) is 0.467. The summed E-state index contributed by atoms with van der Waals surface area (Å²) in [6.07, 6.45) is 2.53. The lowest BCUT2D eigenvalue weighted by atomic mass is 10.2. The average Bonchev–Trinajstić information content (AvgIpc) is 2.62. The fourth-order valence-electron chi connectivity index (χ4n) is 2.61. The van der Waals surface area contributed by atoms with Gasteiger partial charge in [0.05, 0.1) is 10.5 Å². The van der Waals surface area contributed by atoms with Gasteiger partial charge in [-0.25, -0.2) is 8.42 Å². The van der Waals surface area contributed by atoms with Crippen molar-refractivity contribution in [1.82, 2.24) is 9.21 Å². The number of benzene rings is 1. The van der Waals surface area contributed by atoms with Gasteiger partial charge in [0.1, 0.15) is 0 Å². The van der Waals surface area contributed by atoms with Crippen molar-refractivity contribution in [2.45, 2.75) is 4.90 Å². The Hall–Kier alpha value is -2.45. The van der Waals surface area contributed by atoms with Crippen LogP contribution in [0.1, 0.15) is 10.4 Å². The fourth-order valence-corrected chi connectivity index (χ4v) is 4.05. The van der Waals surface area contributed by atoms with E-state index in [2.05, 4.69) is 0 Å². The molecule has 0 unspecified atom stereocenters. The van der Waals surface area contributed by atoms with Gasteiger partial charge in [-0.05, 0) is 12.1 Å². The number of hydrogen-bond donors (Lipinski definition) is 0. The van der Waals surface area contributed by atoms with Crippen LogP contribution in [-0.4, -0.2) is 49.7 Å². The Labute approximate surface area is 140 Å². The van der Waals surface area contributed by atoms with E-state index in [-0.39, 0.29) is 23.9 Å². The molecule has 1 fully saturated rings. The van der Waals surface area contributed by atoms with Gasteiger partial charge in [-0.2, -0.15) is 9.04 Å². The maximum atomic E-state index is 12.6. The molecule has 0 spiro atoms. The van der Waals surface area contributed by atoms with Gasteiger partial charge in [0.25, 0.3) is 5.91 Å². The monoisotopic (exact) mass is 347 g/mol. The summed E-state index contributed by atoms with van der Waals surface area (Å²) in [6.45, 7) is 1.13. The third kappa shape index (κ3) is 3.24. The second-order valence-electron chi connectivity index (χ2n) is 5.46. The van der Waals surface area contributed by atoms with Crippen LogP contribution in [0.3, 0.4) is 0 Å². The van der Waals surface area contributed by atoms with Crippen LogP contribution in [0.2, 0.25) is 0 Å². The molecular formula is C16H17N3O4S. The molecule has 1 aliphatic rings. The van der Waals surface area contributed by atoms with Crippen LogP contribution in [0.25, 0.3) is 0 Å². The second-order valence-corrected chi connectivity index (χ2v) is 7.39. The standard InChI is InChI=1S/C16H17N3O4S/c20-16(14-6-8-18(21)9-7-14)17-10-12-19(13-11-17)24(22,23)15-4-2-1-3-5-15/h1-9H,10-13H2. The molecule has 24 heavy (non-hydrogen) atoms. The number of sulfonamides is 1. The molecule has 3 rings (SSSR count). The molecule has 2 aromatic rings. The van der Waals surface area contributed by atoms with Crippen molar-refractivity contribution in [1.29, 1.82) is 0 Å². The third-order valence-corrected chi connectivity index (χ3v) is 5.87. The molecule has 1 aromatic carbocycles. The molecule has 0 saturated carbocycles. The molecule has 0 radical (unpaired) electrons. The van der Waals surface area contributed by atoms with E-state index in [4.69, 9.17) is 0 Å². The zero-order chi connectivity index (χ0) is 17.2. The molecule has 1 amide bonds. The van der Waals surface area contributed by atoms with E-state index in [0.717, 1.165) is 0 Å². The van der Waals surface area contributed by atoms with E-state index in [1.165, 1.54) is 28.8 Å². The highest BCUT2D eigenvalue weighted by Gasteiger charge is 2.30. The largest absolute Gasteiger partial charge is 0.619 e. The highest BCUT2D eigenvalue weighted by atomic mass is 32.2. The first-order valence-corrected chi connectivity index (χ1v) is 8.96. The van der Waals surface area contributed by atoms with E-state index in [9.17, 15) is 18.4 Å². The van der Waals surface area contributed by atoms with Crippen molar-refractivity contribution in [2.24, 2.45) is 0 Å². The van der Waals surface area contributed by atoms with E-state index >= 15 is 0 Å². The van der Waals surface area contributed by atoms with Gasteiger partial charge < -0.3 is 10.1 Å². The molecular weight excluding hydrogens is 330 g/mol. The van der Waals surface area contributed by atoms with Crippen molar-refractivity contribution in [2.75, 3.05) is 26.2 Å². The minimum atomic E-state index is -3.53. The summed E-state index contributed by atoms with van der Waals surface area (Å²) >= 11 is 0. The SMILES string of the molecule is O=C(c1cc[n+]([O-])cc1)N1CCN(S(=O)(=O)c2ccccc2)CC1. The first-order chi connectivity index (χ1) is 11.5. The van der Waals surface area contributed by atoms with Crippen LogP contribution in [-0.2, 0) is 10.0 Å². The maximum Gasteiger partial charge on any atom is 0.254 e. The number of hydrogen-bond acceptors (Lipinski definition) is 4. The zero-order valence-electron chi connectivity index (χ0n) is 12.9. The Balaban J connectivity index is 1.67. The Morgan fingerprint density at radius 3 is 2.12 bits per heavy atom. The van der Waals surface area contributed by atoms with Crippen LogP contribution in [0, 0.1) is 5.21 Å². The van der Waals surface area contributed by atoms with E-state index in [0.29, 0.717) is 23.4 Å². The number of piperazine rings is 1. The minimum absolute atomic E-state index is 0.202. The summed E-state index contributed by atoms with van der Waals surface area (Å²) in [7, 11) is -3.53. The van der Waals surface area contributed by atoms with Crippen molar-refractivity contribution in [3.8, 4) is 0 Å². The first kappa shape index (κ1) is 16.4. The number of aromatic nitrogens is 1. The molecule has 1 aliphatic heterocycles. The van der Waals surface area contributed by atoms with Crippen molar-refractivity contribution in [3.63, 3.8) is 0 Å². The lowest BCUT2D eigenvalue weighted by molar-refractivity contribution is -0.605. The summed E-state index contributed by atoms with van der Waals surface area (Å²) in [6, 6.07) is 11.2. The number of carbonyl (C=O) groups excluding carboxylic acids is 1. The average molecular weight is 347 g/mol. The first-order valence-electron chi connectivity index (χ1n) is 7.52. The number of nitrogens with zero attached hydrogens (tertiary/aromatic N) is 3. The Morgan fingerprint density at radius 2 is 1.54 bits per heavy atom. The van der Waals surface area contributed by atoms with Crippen molar-refractivity contribution in [3.05, 3.63) is 65.6 Å². The van der Waals surface area contributed by atoms with E-state index in [1.807, 2.05) is 0 Å². The number of pyridine rings is 1. The van der Waals surface area contributed by atoms with Crippen LogP contribution < -0.4 is 4.73 Å². The Bertz CT molecular complexity index is 814. The quantitative estimate of drug-likeness (QED) is 0.597. The number of amides is 1. The van der Waals surface area contributed by atoms with Gasteiger partial charge in [-0.1, -0.05) is 18.2 Å². The highest BCUT2D eigenvalue weighted by Crippen LogP contribution is 2.18. The van der Waals surface area contributed by atoms with E-state index in [1.54, 1.807) is 35.2 Å². The molecule has 126 valence electrons. The van der Waals surface area contributed by atoms with Crippen LogP contribution in [0.4, 0.5) is 0 Å². The van der Waals surface area contributed by atoms with Gasteiger partial charge in [-0.15, -0.1) is 0 Å².